The van der Waals surface area contributed by atoms with Crippen molar-refractivity contribution in [2.24, 2.45) is 10.8 Å². The van der Waals surface area contributed by atoms with Gasteiger partial charge in [0.1, 0.15) is 0 Å². The summed E-state index contributed by atoms with van der Waals surface area (Å²) in [6, 6.07) is 0. The number of alkyl halides is 1. The molecule has 0 aromatic rings. The summed E-state index contributed by atoms with van der Waals surface area (Å²) in [6.45, 7) is 6.87. The minimum atomic E-state index is 0.464. The molecule has 1 fully saturated rings. The van der Waals surface area contributed by atoms with E-state index in [-0.39, 0.29) is 0 Å². The summed E-state index contributed by atoms with van der Waals surface area (Å²) >= 11 is 5.86. The Labute approximate surface area is 69.0 Å². The Bertz CT molecular complexity index is 117. The third-order valence-electron chi connectivity index (χ3n) is 2.15. The van der Waals surface area contributed by atoms with Gasteiger partial charge in [-0.05, 0) is 30.1 Å². The van der Waals surface area contributed by atoms with E-state index in [0.29, 0.717) is 10.8 Å². The minimum Gasteiger partial charge on any atom is -0.126 e. The van der Waals surface area contributed by atoms with Gasteiger partial charge in [0.15, 0.2) is 0 Å². The van der Waals surface area contributed by atoms with Gasteiger partial charge in [0.05, 0.1) is 0 Å². The Hall–Kier alpha value is 0.290. The van der Waals surface area contributed by atoms with Crippen molar-refractivity contribution in [2.45, 2.75) is 40.0 Å². The third-order valence-corrected chi connectivity index (χ3v) is 2.71. The summed E-state index contributed by atoms with van der Waals surface area (Å²) in [4.78, 5) is 0. The fourth-order valence-electron chi connectivity index (χ4n) is 1.66. The van der Waals surface area contributed by atoms with Crippen LogP contribution < -0.4 is 0 Å². The molecule has 0 radical (unpaired) electrons. The van der Waals surface area contributed by atoms with E-state index < -0.39 is 0 Å². The van der Waals surface area contributed by atoms with Gasteiger partial charge in [0.25, 0.3) is 0 Å². The Kier molecular flexibility index (Phi) is 2.02. The molecule has 0 aromatic heterocycles. The summed E-state index contributed by atoms with van der Waals surface area (Å²) in [5.74, 6) is 0.865. The fraction of sp³-hybridized carbons (Fsp3) is 1.00. The van der Waals surface area contributed by atoms with E-state index in [0.717, 1.165) is 5.88 Å². The average Bonchev–Trinajstić information content (AvgIpc) is 2.45. The quantitative estimate of drug-likeness (QED) is 0.543. The van der Waals surface area contributed by atoms with Gasteiger partial charge < -0.3 is 0 Å². The molecule has 1 aliphatic carbocycles. The van der Waals surface area contributed by atoms with Crippen LogP contribution in [0.5, 0.6) is 0 Å². The molecule has 0 saturated heterocycles. The zero-order valence-corrected chi connectivity index (χ0v) is 7.96. The van der Waals surface area contributed by atoms with Crippen LogP contribution in [0.1, 0.15) is 40.0 Å². The minimum absolute atomic E-state index is 0.464. The molecule has 0 unspecified atom stereocenters. The van der Waals surface area contributed by atoms with E-state index in [1.54, 1.807) is 0 Å². The summed E-state index contributed by atoms with van der Waals surface area (Å²) < 4.78 is 0. The number of rotatable bonds is 2. The average molecular weight is 161 g/mol. The van der Waals surface area contributed by atoms with Crippen molar-refractivity contribution in [3.63, 3.8) is 0 Å². The topological polar surface area (TPSA) is 0 Å². The first-order chi connectivity index (χ1) is 4.47. The first-order valence-electron chi connectivity index (χ1n) is 4.04. The van der Waals surface area contributed by atoms with Gasteiger partial charge in [-0.15, -0.1) is 11.6 Å². The molecular formula is C9H17Cl. The lowest BCUT2D eigenvalue weighted by Crippen LogP contribution is -2.15. The van der Waals surface area contributed by atoms with Crippen molar-refractivity contribution in [2.75, 3.05) is 5.88 Å². The first-order valence-corrected chi connectivity index (χ1v) is 4.57. The predicted octanol–water partition coefficient (Wildman–Crippen LogP) is 3.44. The molecule has 1 heteroatoms. The van der Waals surface area contributed by atoms with Crippen molar-refractivity contribution >= 4 is 11.6 Å². The smallest absolute Gasteiger partial charge is 0.0280 e. The summed E-state index contributed by atoms with van der Waals surface area (Å²) in [7, 11) is 0. The second kappa shape index (κ2) is 2.41. The van der Waals surface area contributed by atoms with Crippen molar-refractivity contribution in [1.29, 1.82) is 0 Å². The van der Waals surface area contributed by atoms with Gasteiger partial charge in [0.2, 0.25) is 0 Å². The molecule has 0 heterocycles. The second-order valence-corrected chi connectivity index (χ2v) is 5.14. The van der Waals surface area contributed by atoms with Crippen LogP contribution in [0, 0.1) is 10.8 Å². The van der Waals surface area contributed by atoms with Crippen LogP contribution in [0.2, 0.25) is 0 Å². The highest BCUT2D eigenvalue weighted by Gasteiger charge is 2.43. The molecule has 0 amide bonds. The summed E-state index contributed by atoms with van der Waals surface area (Å²) in [5, 5.41) is 0. The van der Waals surface area contributed by atoms with Crippen LogP contribution in [0.3, 0.4) is 0 Å². The first kappa shape index (κ1) is 8.39. The number of halogens is 1. The molecular weight excluding hydrogens is 144 g/mol. The maximum Gasteiger partial charge on any atom is 0.0280 e. The highest BCUT2D eigenvalue weighted by atomic mass is 35.5. The second-order valence-electron chi connectivity index (χ2n) is 4.87. The van der Waals surface area contributed by atoms with E-state index in [1.807, 2.05) is 0 Å². The monoisotopic (exact) mass is 160 g/mol. The van der Waals surface area contributed by atoms with Crippen LogP contribution in [-0.4, -0.2) is 5.88 Å². The zero-order valence-electron chi connectivity index (χ0n) is 7.21. The Morgan fingerprint density at radius 2 is 1.80 bits per heavy atom. The molecule has 0 nitrogen and oxygen atoms in total. The van der Waals surface area contributed by atoms with Crippen molar-refractivity contribution in [3.8, 4) is 0 Å². The molecule has 1 rings (SSSR count). The Morgan fingerprint density at radius 3 is 1.90 bits per heavy atom. The van der Waals surface area contributed by atoms with Gasteiger partial charge in [-0.1, -0.05) is 20.8 Å². The van der Waals surface area contributed by atoms with Crippen LogP contribution in [-0.2, 0) is 0 Å². The number of hydrogen-bond donors (Lipinski definition) is 0. The molecule has 1 aliphatic rings. The predicted molar refractivity (Wildman–Crippen MR) is 46.5 cm³/mol. The molecule has 0 aliphatic heterocycles. The van der Waals surface area contributed by atoms with Crippen molar-refractivity contribution in [3.05, 3.63) is 0 Å². The van der Waals surface area contributed by atoms with Gasteiger partial charge >= 0.3 is 0 Å². The molecule has 10 heavy (non-hydrogen) atoms. The van der Waals surface area contributed by atoms with Crippen LogP contribution in [0.25, 0.3) is 0 Å². The van der Waals surface area contributed by atoms with Crippen LogP contribution in [0.15, 0.2) is 0 Å². The molecule has 0 atom stereocenters. The maximum atomic E-state index is 5.86. The van der Waals surface area contributed by atoms with Crippen LogP contribution in [0.4, 0.5) is 0 Å². The lowest BCUT2D eigenvalue weighted by molar-refractivity contribution is 0.296. The molecule has 0 N–H and O–H groups in total. The van der Waals surface area contributed by atoms with Gasteiger partial charge in [-0.2, -0.15) is 0 Å². The fourth-order valence-corrected chi connectivity index (χ4v) is 2.02. The molecule has 0 bridgehead atoms. The highest BCUT2D eigenvalue weighted by molar-refractivity contribution is 6.18. The Morgan fingerprint density at radius 1 is 1.30 bits per heavy atom. The van der Waals surface area contributed by atoms with Crippen LogP contribution >= 0.6 is 11.6 Å². The van der Waals surface area contributed by atoms with E-state index >= 15 is 0 Å². The van der Waals surface area contributed by atoms with Gasteiger partial charge in [-0.3, -0.25) is 0 Å². The lowest BCUT2D eigenvalue weighted by Gasteiger charge is -2.23. The largest absolute Gasteiger partial charge is 0.126 e. The Balaban J connectivity index is 2.38. The molecule has 1 saturated carbocycles. The van der Waals surface area contributed by atoms with E-state index in [9.17, 15) is 0 Å². The summed E-state index contributed by atoms with van der Waals surface area (Å²) in [6.07, 6.45) is 4.00. The van der Waals surface area contributed by atoms with Crippen molar-refractivity contribution in [1.82, 2.24) is 0 Å². The maximum absolute atomic E-state index is 5.86. The van der Waals surface area contributed by atoms with E-state index in [2.05, 4.69) is 20.8 Å². The number of hydrogen-bond acceptors (Lipinski definition) is 0. The molecule has 0 aromatic carbocycles. The standard InChI is InChI=1S/C9H17Cl/c1-8(2,3)6-9(7-10)4-5-9/h4-7H2,1-3H3. The highest BCUT2D eigenvalue weighted by Crippen LogP contribution is 2.53. The van der Waals surface area contributed by atoms with E-state index in [4.69, 9.17) is 11.6 Å². The third kappa shape index (κ3) is 2.16. The van der Waals surface area contributed by atoms with Gasteiger partial charge in [-0.25, -0.2) is 0 Å². The SMILES string of the molecule is CC(C)(C)CC1(CCl)CC1. The van der Waals surface area contributed by atoms with E-state index in [1.165, 1.54) is 19.3 Å². The molecule has 0 spiro atoms. The van der Waals surface area contributed by atoms with Gasteiger partial charge in [0, 0.05) is 5.88 Å². The lowest BCUT2D eigenvalue weighted by atomic mass is 9.84. The molecule has 60 valence electrons. The van der Waals surface area contributed by atoms with Crippen molar-refractivity contribution < 1.29 is 0 Å². The summed E-state index contributed by atoms with van der Waals surface area (Å²) in [5.41, 5.74) is 1.01. The normalized spacial score (nSPS) is 22.8. The zero-order chi connectivity index (χ0) is 7.83.